The Labute approximate surface area is 136 Å². The predicted octanol–water partition coefficient (Wildman–Crippen LogP) is 2.92. The van der Waals surface area contributed by atoms with E-state index in [1.807, 2.05) is 0 Å². The van der Waals surface area contributed by atoms with E-state index in [0.29, 0.717) is 11.2 Å². The molecule has 3 aromatic rings. The highest BCUT2D eigenvalue weighted by atomic mass is 19.1. The summed E-state index contributed by atoms with van der Waals surface area (Å²) < 4.78 is 14.3. The average molecular weight is 330 g/mol. The second-order valence-electron chi connectivity index (χ2n) is 5.40. The zero-order valence-electron chi connectivity index (χ0n) is 12.8. The second kappa shape index (κ2) is 6.25. The van der Waals surface area contributed by atoms with Gasteiger partial charge >= 0.3 is 5.82 Å². The molecule has 2 heterocycles. The highest BCUT2D eigenvalue weighted by Gasteiger charge is 2.26. The highest BCUT2D eigenvalue weighted by Crippen LogP contribution is 2.28. The number of rotatable bonds is 5. The molecule has 0 radical (unpaired) electrons. The standard InChI is InChI=1S/C16H15FN4O3/c1-10(14(22)11-5-7-12(17)8-6-11)18-15-16(21(23)24)20-9-3-2-4-13(20)19-15/h2-10,14,18,22H,1H3. The van der Waals surface area contributed by atoms with Crippen LogP contribution in [0.4, 0.5) is 16.0 Å². The van der Waals surface area contributed by atoms with Gasteiger partial charge in [-0.1, -0.05) is 18.2 Å². The van der Waals surface area contributed by atoms with Crippen LogP contribution in [0, 0.1) is 15.9 Å². The molecule has 7 nitrogen and oxygen atoms in total. The Morgan fingerprint density at radius 2 is 2.00 bits per heavy atom. The molecule has 0 spiro atoms. The van der Waals surface area contributed by atoms with Crippen molar-refractivity contribution in [2.24, 2.45) is 0 Å². The first-order chi connectivity index (χ1) is 11.5. The molecule has 2 aromatic heterocycles. The van der Waals surface area contributed by atoms with Crippen LogP contribution in [-0.2, 0) is 0 Å². The number of fused-ring (bicyclic) bond motifs is 1. The van der Waals surface area contributed by atoms with Gasteiger partial charge in [-0.3, -0.25) is 0 Å². The topological polar surface area (TPSA) is 92.7 Å². The van der Waals surface area contributed by atoms with Crippen molar-refractivity contribution in [1.82, 2.24) is 9.38 Å². The monoisotopic (exact) mass is 330 g/mol. The molecule has 0 aliphatic heterocycles. The number of aromatic nitrogens is 2. The van der Waals surface area contributed by atoms with E-state index in [9.17, 15) is 19.6 Å². The molecule has 0 saturated carbocycles. The lowest BCUT2D eigenvalue weighted by Crippen LogP contribution is -2.24. The quantitative estimate of drug-likeness (QED) is 0.554. The lowest BCUT2D eigenvalue weighted by atomic mass is 10.0. The van der Waals surface area contributed by atoms with Crippen molar-refractivity contribution < 1.29 is 14.4 Å². The number of aliphatic hydroxyl groups is 1. The number of pyridine rings is 1. The fraction of sp³-hybridized carbons (Fsp3) is 0.188. The number of nitrogens with one attached hydrogen (secondary N) is 1. The van der Waals surface area contributed by atoms with Gasteiger partial charge in [0.25, 0.3) is 0 Å². The number of nitro groups is 1. The summed E-state index contributed by atoms with van der Waals surface area (Å²) in [6.45, 7) is 1.67. The summed E-state index contributed by atoms with van der Waals surface area (Å²) in [6.07, 6.45) is 0.571. The molecule has 0 aliphatic rings. The van der Waals surface area contributed by atoms with Gasteiger partial charge in [0.1, 0.15) is 5.82 Å². The first-order valence-electron chi connectivity index (χ1n) is 7.29. The van der Waals surface area contributed by atoms with Gasteiger partial charge in [0.2, 0.25) is 11.5 Å². The number of imidazole rings is 1. The summed E-state index contributed by atoms with van der Waals surface area (Å²) >= 11 is 0. The van der Waals surface area contributed by atoms with Gasteiger partial charge in [-0.15, -0.1) is 0 Å². The van der Waals surface area contributed by atoms with E-state index in [-0.39, 0.29) is 11.6 Å². The SMILES string of the molecule is CC(Nc1nc2ccccn2c1[N+](=O)[O-])C(O)c1ccc(F)cc1. The van der Waals surface area contributed by atoms with Crippen LogP contribution in [0.25, 0.3) is 5.65 Å². The van der Waals surface area contributed by atoms with E-state index < -0.39 is 22.9 Å². The maximum Gasteiger partial charge on any atom is 0.372 e. The van der Waals surface area contributed by atoms with Crippen LogP contribution in [0.3, 0.4) is 0 Å². The third-order valence-corrected chi connectivity index (χ3v) is 3.73. The summed E-state index contributed by atoms with van der Waals surface area (Å²) in [7, 11) is 0. The molecular formula is C16H15FN4O3. The van der Waals surface area contributed by atoms with Gasteiger partial charge in [0.15, 0.2) is 0 Å². The maximum absolute atomic E-state index is 13.0. The zero-order chi connectivity index (χ0) is 17.3. The number of halogens is 1. The minimum absolute atomic E-state index is 0.0693. The Hall–Kier alpha value is -3.00. The molecule has 124 valence electrons. The molecule has 24 heavy (non-hydrogen) atoms. The molecular weight excluding hydrogens is 315 g/mol. The minimum atomic E-state index is -0.977. The van der Waals surface area contributed by atoms with Crippen molar-refractivity contribution in [2.75, 3.05) is 5.32 Å². The Kier molecular flexibility index (Phi) is 4.13. The van der Waals surface area contributed by atoms with Crippen LogP contribution < -0.4 is 5.32 Å². The fourth-order valence-corrected chi connectivity index (χ4v) is 2.50. The van der Waals surface area contributed by atoms with Crippen LogP contribution in [0.15, 0.2) is 48.7 Å². The molecule has 2 N–H and O–H groups in total. The van der Waals surface area contributed by atoms with Crippen molar-refractivity contribution in [2.45, 2.75) is 19.1 Å². The van der Waals surface area contributed by atoms with E-state index in [2.05, 4.69) is 10.3 Å². The van der Waals surface area contributed by atoms with Gasteiger partial charge in [0.05, 0.1) is 18.3 Å². The molecule has 0 saturated heterocycles. The first-order valence-corrected chi connectivity index (χ1v) is 7.29. The van der Waals surface area contributed by atoms with Crippen molar-refractivity contribution in [1.29, 1.82) is 0 Å². The Morgan fingerprint density at radius 1 is 1.29 bits per heavy atom. The second-order valence-corrected chi connectivity index (χ2v) is 5.40. The highest BCUT2D eigenvalue weighted by molar-refractivity contribution is 5.62. The molecule has 3 rings (SSSR count). The Bertz CT molecular complexity index is 879. The van der Waals surface area contributed by atoms with Crippen molar-refractivity contribution in [3.8, 4) is 0 Å². The molecule has 0 amide bonds. The molecule has 8 heteroatoms. The van der Waals surface area contributed by atoms with E-state index >= 15 is 0 Å². The predicted molar refractivity (Wildman–Crippen MR) is 86.3 cm³/mol. The normalized spacial score (nSPS) is 13.6. The number of aliphatic hydroxyl groups excluding tert-OH is 1. The summed E-state index contributed by atoms with van der Waals surface area (Å²) in [6, 6.07) is 9.91. The lowest BCUT2D eigenvalue weighted by molar-refractivity contribution is -0.389. The molecule has 0 bridgehead atoms. The fourth-order valence-electron chi connectivity index (χ4n) is 2.50. The van der Waals surface area contributed by atoms with Crippen LogP contribution in [-0.4, -0.2) is 25.5 Å². The third kappa shape index (κ3) is 2.91. The lowest BCUT2D eigenvalue weighted by Gasteiger charge is -2.20. The molecule has 2 unspecified atom stereocenters. The average Bonchev–Trinajstić information content (AvgIpc) is 2.92. The van der Waals surface area contributed by atoms with Gasteiger partial charge in [-0.25, -0.2) is 4.39 Å². The van der Waals surface area contributed by atoms with Gasteiger partial charge in [-0.2, -0.15) is 9.38 Å². The third-order valence-electron chi connectivity index (χ3n) is 3.73. The van der Waals surface area contributed by atoms with Crippen molar-refractivity contribution in [3.63, 3.8) is 0 Å². The number of hydrogen-bond acceptors (Lipinski definition) is 5. The Morgan fingerprint density at radius 3 is 2.67 bits per heavy atom. The van der Waals surface area contributed by atoms with Crippen LogP contribution in [0.2, 0.25) is 0 Å². The van der Waals surface area contributed by atoms with E-state index in [4.69, 9.17) is 0 Å². The van der Waals surface area contributed by atoms with Gasteiger partial charge in [-0.05, 0) is 35.6 Å². The van der Waals surface area contributed by atoms with E-state index in [0.717, 1.165) is 0 Å². The summed E-state index contributed by atoms with van der Waals surface area (Å²) in [5.74, 6) is -0.536. The van der Waals surface area contributed by atoms with E-state index in [1.54, 1.807) is 31.3 Å². The summed E-state index contributed by atoms with van der Waals surface area (Å²) in [5.41, 5.74) is 0.929. The summed E-state index contributed by atoms with van der Waals surface area (Å²) in [5, 5.41) is 24.6. The van der Waals surface area contributed by atoms with Crippen molar-refractivity contribution >= 4 is 17.3 Å². The van der Waals surface area contributed by atoms with Crippen molar-refractivity contribution in [3.05, 3.63) is 70.2 Å². The first kappa shape index (κ1) is 15.9. The molecule has 2 atom stereocenters. The number of nitrogens with zero attached hydrogens (tertiary/aromatic N) is 3. The zero-order valence-corrected chi connectivity index (χ0v) is 12.8. The van der Waals surface area contributed by atoms with Crippen LogP contribution >= 0.6 is 0 Å². The molecule has 0 aliphatic carbocycles. The number of hydrogen-bond donors (Lipinski definition) is 2. The Balaban J connectivity index is 1.90. The van der Waals surface area contributed by atoms with Crippen LogP contribution in [0.5, 0.6) is 0 Å². The van der Waals surface area contributed by atoms with Gasteiger partial charge < -0.3 is 20.5 Å². The van der Waals surface area contributed by atoms with Gasteiger partial charge in [0, 0.05) is 6.07 Å². The maximum atomic E-state index is 13.0. The number of anilines is 1. The largest absolute Gasteiger partial charge is 0.386 e. The smallest absolute Gasteiger partial charge is 0.372 e. The molecule has 1 aromatic carbocycles. The molecule has 0 fully saturated rings. The minimum Gasteiger partial charge on any atom is -0.386 e. The van der Waals surface area contributed by atoms with Crippen LogP contribution in [0.1, 0.15) is 18.6 Å². The number of benzene rings is 1. The van der Waals surface area contributed by atoms with E-state index in [1.165, 1.54) is 28.7 Å². The summed E-state index contributed by atoms with van der Waals surface area (Å²) in [4.78, 5) is 15.0.